The highest BCUT2D eigenvalue weighted by molar-refractivity contribution is 5.94. The van der Waals surface area contributed by atoms with Gasteiger partial charge in [-0.25, -0.2) is 9.97 Å². The second-order valence-corrected chi connectivity index (χ2v) is 7.70. The quantitative estimate of drug-likeness (QED) is 0.382. The normalized spacial score (nSPS) is 11.1. The number of carbonyl (C=O) groups is 2. The Morgan fingerprint density at radius 2 is 1.94 bits per heavy atom. The molecule has 1 aromatic carbocycles. The van der Waals surface area contributed by atoms with Crippen LogP contribution in [0.3, 0.4) is 0 Å². The van der Waals surface area contributed by atoms with E-state index in [1.807, 2.05) is 18.2 Å². The lowest BCUT2D eigenvalue weighted by Crippen LogP contribution is -2.25. The average Bonchev–Trinajstić information content (AvgIpc) is 2.91. The van der Waals surface area contributed by atoms with E-state index in [9.17, 15) is 9.59 Å². The molecule has 2 amide bonds. The Labute approximate surface area is 203 Å². The summed E-state index contributed by atoms with van der Waals surface area (Å²) in [5.41, 5.74) is 3.17. The number of anilines is 1. The van der Waals surface area contributed by atoms with E-state index in [1.54, 1.807) is 44.6 Å². The van der Waals surface area contributed by atoms with E-state index in [2.05, 4.69) is 37.8 Å². The summed E-state index contributed by atoms with van der Waals surface area (Å²) in [5, 5.41) is 17.1. The van der Waals surface area contributed by atoms with E-state index in [0.29, 0.717) is 29.4 Å². The first-order chi connectivity index (χ1) is 17.0. The van der Waals surface area contributed by atoms with Crippen molar-refractivity contribution in [2.45, 2.75) is 19.3 Å². The van der Waals surface area contributed by atoms with Crippen molar-refractivity contribution in [2.75, 3.05) is 32.6 Å². The minimum absolute atomic E-state index is 0.0719. The van der Waals surface area contributed by atoms with E-state index in [4.69, 9.17) is 10.00 Å². The smallest absolute Gasteiger partial charge is 0.269 e. The minimum atomic E-state index is -0.329. The van der Waals surface area contributed by atoms with E-state index in [1.165, 1.54) is 6.33 Å². The van der Waals surface area contributed by atoms with Gasteiger partial charge in [0.25, 0.3) is 11.8 Å². The van der Waals surface area contributed by atoms with Crippen LogP contribution in [0.2, 0.25) is 0 Å². The van der Waals surface area contributed by atoms with E-state index >= 15 is 0 Å². The highest BCUT2D eigenvalue weighted by Crippen LogP contribution is 2.28. The largest absolute Gasteiger partial charge is 0.496 e. The first-order valence-electron chi connectivity index (χ1n) is 11.0. The highest BCUT2D eigenvalue weighted by atomic mass is 16.5. The molecule has 1 atom stereocenters. The molecule has 3 N–H and O–H groups in total. The summed E-state index contributed by atoms with van der Waals surface area (Å²) in [6, 6.07) is 12.6. The molecule has 35 heavy (non-hydrogen) atoms. The fraction of sp³-hybridized carbons (Fsp3) is 0.280. The number of hydrogen-bond acceptors (Lipinski definition) is 8. The van der Waals surface area contributed by atoms with Gasteiger partial charge in [-0.15, -0.1) is 0 Å². The van der Waals surface area contributed by atoms with Gasteiger partial charge in [0.2, 0.25) is 0 Å². The van der Waals surface area contributed by atoms with Crippen LogP contribution < -0.4 is 20.7 Å². The van der Waals surface area contributed by atoms with Crippen LogP contribution in [0.1, 0.15) is 45.7 Å². The van der Waals surface area contributed by atoms with Crippen molar-refractivity contribution >= 4 is 17.6 Å². The molecule has 0 aliphatic carbocycles. The monoisotopic (exact) mass is 473 g/mol. The van der Waals surface area contributed by atoms with E-state index < -0.39 is 0 Å². The molecule has 10 nitrogen and oxygen atoms in total. The Hall–Kier alpha value is -4.52. The highest BCUT2D eigenvalue weighted by Gasteiger charge is 2.15. The molecule has 0 fully saturated rings. The SMILES string of the molecule is CNC(=O)c1ccc([C@H](C)CNc2cc(-c3ccc(C(=O)NCCC#N)nc3)ncn2)c(OC)c1. The number of amides is 2. The third kappa shape index (κ3) is 6.51. The summed E-state index contributed by atoms with van der Waals surface area (Å²) in [5.74, 6) is 0.858. The second kappa shape index (κ2) is 12.1. The summed E-state index contributed by atoms with van der Waals surface area (Å²) in [6.07, 6.45) is 3.28. The maximum absolute atomic E-state index is 12.1. The van der Waals surface area contributed by atoms with Crippen LogP contribution in [-0.4, -0.2) is 54.0 Å². The van der Waals surface area contributed by atoms with E-state index in [0.717, 1.165) is 11.1 Å². The van der Waals surface area contributed by atoms with Crippen LogP contribution in [0.4, 0.5) is 5.82 Å². The van der Waals surface area contributed by atoms with Crippen molar-refractivity contribution in [3.05, 3.63) is 65.7 Å². The van der Waals surface area contributed by atoms with Crippen molar-refractivity contribution in [1.29, 1.82) is 5.26 Å². The number of benzene rings is 1. The maximum atomic E-state index is 12.1. The number of nitriles is 1. The fourth-order valence-electron chi connectivity index (χ4n) is 3.39. The van der Waals surface area contributed by atoms with Gasteiger partial charge < -0.3 is 20.7 Å². The molecule has 3 rings (SSSR count). The summed E-state index contributed by atoms with van der Waals surface area (Å²) in [4.78, 5) is 36.8. The summed E-state index contributed by atoms with van der Waals surface area (Å²) < 4.78 is 5.50. The maximum Gasteiger partial charge on any atom is 0.269 e. The molecule has 3 aromatic rings. The number of nitrogens with zero attached hydrogens (tertiary/aromatic N) is 4. The van der Waals surface area contributed by atoms with Crippen LogP contribution in [0.25, 0.3) is 11.3 Å². The zero-order valence-corrected chi connectivity index (χ0v) is 19.8. The molecule has 180 valence electrons. The molecule has 0 aliphatic rings. The molecule has 10 heteroatoms. The second-order valence-electron chi connectivity index (χ2n) is 7.70. The van der Waals surface area contributed by atoms with Crippen LogP contribution in [0, 0.1) is 11.3 Å². The summed E-state index contributed by atoms with van der Waals surface area (Å²) in [7, 11) is 3.17. The minimum Gasteiger partial charge on any atom is -0.496 e. The third-order valence-electron chi connectivity index (χ3n) is 5.32. The number of ether oxygens (including phenoxy) is 1. The van der Waals surface area contributed by atoms with Crippen molar-refractivity contribution in [3.63, 3.8) is 0 Å². The molecule has 0 bridgehead atoms. The van der Waals surface area contributed by atoms with Gasteiger partial charge in [0, 0.05) is 49.4 Å². The molecule has 0 spiro atoms. The van der Waals surface area contributed by atoms with Gasteiger partial charge in [0.15, 0.2) is 0 Å². The number of nitrogens with one attached hydrogen (secondary N) is 3. The lowest BCUT2D eigenvalue weighted by Gasteiger charge is -2.17. The van der Waals surface area contributed by atoms with Crippen molar-refractivity contribution in [3.8, 4) is 23.1 Å². The number of hydrogen-bond donors (Lipinski definition) is 3. The predicted molar refractivity (Wildman–Crippen MR) is 131 cm³/mol. The number of carbonyl (C=O) groups excluding carboxylic acids is 2. The van der Waals surface area contributed by atoms with Gasteiger partial charge in [-0.1, -0.05) is 13.0 Å². The topological polar surface area (TPSA) is 142 Å². The first-order valence-corrected chi connectivity index (χ1v) is 11.0. The molecular weight excluding hydrogens is 446 g/mol. The lowest BCUT2D eigenvalue weighted by atomic mass is 9.98. The van der Waals surface area contributed by atoms with E-state index in [-0.39, 0.29) is 36.4 Å². The molecule has 0 radical (unpaired) electrons. The molecule has 0 unspecified atom stereocenters. The van der Waals surface area contributed by atoms with Crippen LogP contribution >= 0.6 is 0 Å². The standard InChI is InChI=1S/C25H27N7O3/c1-16(19-7-5-17(24(33)27-2)11-22(19)35-3)13-30-23-12-21(31-15-32-23)18-6-8-20(29-14-18)25(34)28-10-4-9-26/h5-8,11-12,14-16H,4,10,13H2,1-3H3,(H,27,33)(H,28,34)(H,30,31,32)/t16-/m1/s1. The summed E-state index contributed by atoms with van der Waals surface area (Å²) in [6.45, 7) is 2.91. The molecule has 0 saturated carbocycles. The Balaban J connectivity index is 1.66. The van der Waals surface area contributed by atoms with Gasteiger partial charge >= 0.3 is 0 Å². The van der Waals surface area contributed by atoms with Crippen molar-refractivity contribution < 1.29 is 14.3 Å². The third-order valence-corrected chi connectivity index (χ3v) is 5.32. The first kappa shape index (κ1) is 25.1. The van der Waals surface area contributed by atoms with Gasteiger partial charge in [0.1, 0.15) is 23.6 Å². The average molecular weight is 474 g/mol. The Bertz CT molecular complexity index is 1220. The van der Waals surface area contributed by atoms with Gasteiger partial charge in [-0.3, -0.25) is 14.6 Å². The zero-order chi connectivity index (χ0) is 25.2. The lowest BCUT2D eigenvalue weighted by molar-refractivity contribution is 0.0946. The van der Waals surface area contributed by atoms with Crippen LogP contribution in [0.15, 0.2) is 48.9 Å². The Kier molecular flexibility index (Phi) is 8.67. The Morgan fingerprint density at radius 3 is 2.63 bits per heavy atom. The van der Waals surface area contributed by atoms with Crippen molar-refractivity contribution in [1.82, 2.24) is 25.6 Å². The molecule has 2 aromatic heterocycles. The molecule has 0 aliphatic heterocycles. The van der Waals surface area contributed by atoms with Crippen molar-refractivity contribution in [2.24, 2.45) is 0 Å². The number of methoxy groups -OCH3 is 1. The number of rotatable bonds is 10. The van der Waals surface area contributed by atoms with Crippen LogP contribution in [-0.2, 0) is 0 Å². The molecule has 0 saturated heterocycles. The predicted octanol–water partition coefficient (Wildman–Crippen LogP) is 2.77. The molecule has 2 heterocycles. The fourth-order valence-corrected chi connectivity index (χ4v) is 3.39. The van der Waals surface area contributed by atoms with Gasteiger partial charge in [0.05, 0.1) is 25.3 Å². The van der Waals surface area contributed by atoms with Gasteiger partial charge in [-0.05, 0) is 29.8 Å². The number of pyridine rings is 1. The number of aromatic nitrogens is 3. The summed E-state index contributed by atoms with van der Waals surface area (Å²) >= 11 is 0. The van der Waals surface area contributed by atoms with Gasteiger partial charge in [-0.2, -0.15) is 5.26 Å². The van der Waals surface area contributed by atoms with Crippen LogP contribution in [0.5, 0.6) is 5.75 Å². The Morgan fingerprint density at radius 1 is 1.11 bits per heavy atom. The molecular formula is C25H27N7O3. The zero-order valence-electron chi connectivity index (χ0n) is 19.8.